The molecule has 0 aliphatic heterocycles. The van der Waals surface area contributed by atoms with Gasteiger partial charge < -0.3 is 9.47 Å². The van der Waals surface area contributed by atoms with Crippen LogP contribution in [0, 0.1) is 0 Å². The standard InChI is InChI=1S/C24H31NO6S/c1-4-5-6-16-30-21-12-10-20(11-13-21)23(26)14-15-24(27)31-18-19-8-7-9-22(17-19)32(28,29)25(2)3/h7-13,17H,4-6,14-16,18H2,1-3H3. The molecule has 0 radical (unpaired) electrons. The SMILES string of the molecule is CCCCCOc1ccc(C(=O)CCC(=O)OCc2cccc(S(=O)(=O)N(C)C)c2)cc1. The Kier molecular flexibility index (Phi) is 9.87. The predicted octanol–water partition coefficient (Wildman–Crippen LogP) is 4.21. The van der Waals surface area contributed by atoms with Gasteiger partial charge in [-0.15, -0.1) is 0 Å². The topological polar surface area (TPSA) is 90.0 Å². The van der Waals surface area contributed by atoms with Crippen molar-refractivity contribution in [1.29, 1.82) is 0 Å². The van der Waals surface area contributed by atoms with Crippen LogP contribution in [0.1, 0.15) is 54.9 Å². The largest absolute Gasteiger partial charge is 0.494 e. The summed E-state index contributed by atoms with van der Waals surface area (Å²) >= 11 is 0. The maximum absolute atomic E-state index is 12.3. The average molecular weight is 462 g/mol. The minimum absolute atomic E-state index is 0.0323. The maximum Gasteiger partial charge on any atom is 0.306 e. The smallest absolute Gasteiger partial charge is 0.306 e. The van der Waals surface area contributed by atoms with Crippen LogP contribution in [0.2, 0.25) is 0 Å². The van der Waals surface area contributed by atoms with Crippen molar-refractivity contribution in [2.24, 2.45) is 0 Å². The number of hydrogen-bond acceptors (Lipinski definition) is 6. The number of sulfonamides is 1. The number of hydrogen-bond donors (Lipinski definition) is 0. The first-order valence-corrected chi connectivity index (χ1v) is 12.1. The molecule has 174 valence electrons. The third-order valence-corrected chi connectivity index (χ3v) is 6.64. The van der Waals surface area contributed by atoms with Crippen LogP contribution >= 0.6 is 0 Å². The van der Waals surface area contributed by atoms with Crippen molar-refractivity contribution in [3.05, 3.63) is 59.7 Å². The van der Waals surface area contributed by atoms with Gasteiger partial charge in [-0.3, -0.25) is 9.59 Å². The molecule has 2 aromatic carbocycles. The van der Waals surface area contributed by atoms with E-state index < -0.39 is 16.0 Å². The van der Waals surface area contributed by atoms with Gasteiger partial charge in [0.1, 0.15) is 12.4 Å². The van der Waals surface area contributed by atoms with Crippen LogP contribution < -0.4 is 4.74 Å². The zero-order chi connectivity index (χ0) is 23.6. The fourth-order valence-electron chi connectivity index (χ4n) is 2.88. The van der Waals surface area contributed by atoms with Gasteiger partial charge >= 0.3 is 5.97 Å². The number of esters is 1. The van der Waals surface area contributed by atoms with Crippen molar-refractivity contribution >= 4 is 21.8 Å². The van der Waals surface area contributed by atoms with E-state index in [1.54, 1.807) is 36.4 Å². The Balaban J connectivity index is 1.80. The van der Waals surface area contributed by atoms with Gasteiger partial charge in [-0.2, -0.15) is 0 Å². The molecule has 0 aromatic heterocycles. The van der Waals surface area contributed by atoms with Crippen LogP contribution in [0.15, 0.2) is 53.4 Å². The van der Waals surface area contributed by atoms with Crippen LogP contribution in [0.5, 0.6) is 5.75 Å². The van der Waals surface area contributed by atoms with E-state index in [0.717, 1.165) is 29.3 Å². The van der Waals surface area contributed by atoms with Crippen molar-refractivity contribution in [2.45, 2.75) is 50.5 Å². The highest BCUT2D eigenvalue weighted by atomic mass is 32.2. The molecule has 0 unspecified atom stereocenters. The van der Waals surface area contributed by atoms with E-state index in [4.69, 9.17) is 9.47 Å². The summed E-state index contributed by atoms with van der Waals surface area (Å²) < 4.78 is 36.4. The first-order chi connectivity index (χ1) is 15.2. The molecule has 0 atom stereocenters. The van der Waals surface area contributed by atoms with E-state index in [2.05, 4.69) is 6.92 Å². The zero-order valence-corrected chi connectivity index (χ0v) is 19.7. The molecule has 0 N–H and O–H groups in total. The number of rotatable bonds is 13. The molecule has 0 bridgehead atoms. The Morgan fingerprint density at radius 2 is 1.69 bits per heavy atom. The highest BCUT2D eigenvalue weighted by molar-refractivity contribution is 7.89. The number of carbonyl (C=O) groups is 2. The third kappa shape index (κ3) is 7.76. The van der Waals surface area contributed by atoms with Crippen LogP contribution in [0.4, 0.5) is 0 Å². The van der Waals surface area contributed by atoms with Gasteiger partial charge in [0, 0.05) is 26.1 Å². The molecule has 32 heavy (non-hydrogen) atoms. The Hall–Kier alpha value is -2.71. The van der Waals surface area contributed by atoms with Gasteiger partial charge in [0.05, 0.1) is 17.9 Å². The first kappa shape index (κ1) is 25.5. The van der Waals surface area contributed by atoms with Crippen molar-refractivity contribution in [3.8, 4) is 5.75 Å². The van der Waals surface area contributed by atoms with Gasteiger partial charge in [-0.1, -0.05) is 31.9 Å². The van der Waals surface area contributed by atoms with Gasteiger partial charge in [-0.25, -0.2) is 12.7 Å². The van der Waals surface area contributed by atoms with E-state index >= 15 is 0 Å². The fraction of sp³-hybridized carbons (Fsp3) is 0.417. The van der Waals surface area contributed by atoms with Gasteiger partial charge in [0.25, 0.3) is 0 Å². The molecule has 0 saturated heterocycles. The minimum Gasteiger partial charge on any atom is -0.494 e. The Morgan fingerprint density at radius 1 is 0.969 bits per heavy atom. The van der Waals surface area contributed by atoms with E-state index in [-0.39, 0.29) is 30.1 Å². The third-order valence-electron chi connectivity index (χ3n) is 4.83. The van der Waals surface area contributed by atoms with E-state index in [0.29, 0.717) is 17.7 Å². The molecule has 2 rings (SSSR count). The summed E-state index contributed by atoms with van der Waals surface area (Å²) in [4.78, 5) is 24.5. The lowest BCUT2D eigenvalue weighted by atomic mass is 10.1. The summed E-state index contributed by atoms with van der Waals surface area (Å²) in [6, 6.07) is 13.1. The maximum atomic E-state index is 12.3. The number of ether oxygens (including phenoxy) is 2. The Morgan fingerprint density at radius 3 is 2.34 bits per heavy atom. The number of carbonyl (C=O) groups excluding carboxylic acids is 2. The monoisotopic (exact) mass is 461 g/mol. The quantitative estimate of drug-likeness (QED) is 0.252. The lowest BCUT2D eigenvalue weighted by molar-refractivity contribution is -0.144. The summed E-state index contributed by atoms with van der Waals surface area (Å²) in [6.07, 6.45) is 3.22. The van der Waals surface area contributed by atoms with Crippen LogP contribution in [-0.2, 0) is 26.2 Å². The summed E-state index contributed by atoms with van der Waals surface area (Å²) in [7, 11) is -0.659. The molecule has 8 heteroatoms. The normalized spacial score (nSPS) is 11.4. The van der Waals surface area contributed by atoms with E-state index in [9.17, 15) is 18.0 Å². The molecule has 0 saturated carbocycles. The fourth-order valence-corrected chi connectivity index (χ4v) is 3.85. The second kappa shape index (κ2) is 12.4. The summed E-state index contributed by atoms with van der Waals surface area (Å²) in [5.74, 6) is 0.0456. The van der Waals surface area contributed by atoms with Crippen LogP contribution in [0.3, 0.4) is 0 Å². The Labute approximate surface area is 190 Å². The molecular weight excluding hydrogens is 430 g/mol. The van der Waals surface area contributed by atoms with Crippen molar-refractivity contribution in [1.82, 2.24) is 4.31 Å². The van der Waals surface area contributed by atoms with E-state index in [1.165, 1.54) is 26.2 Å². The lowest BCUT2D eigenvalue weighted by Gasteiger charge is -2.12. The number of nitrogens with zero attached hydrogens (tertiary/aromatic N) is 1. The lowest BCUT2D eigenvalue weighted by Crippen LogP contribution is -2.22. The molecule has 0 fully saturated rings. The average Bonchev–Trinajstić information content (AvgIpc) is 2.79. The number of Topliss-reactive ketones (excluding diaryl/α,β-unsaturated/α-hetero) is 1. The molecule has 0 heterocycles. The second-order valence-electron chi connectivity index (χ2n) is 7.60. The second-order valence-corrected chi connectivity index (χ2v) is 9.75. The molecule has 0 amide bonds. The molecule has 0 aliphatic rings. The molecule has 0 spiro atoms. The highest BCUT2D eigenvalue weighted by Gasteiger charge is 2.17. The zero-order valence-electron chi connectivity index (χ0n) is 18.9. The number of ketones is 1. The van der Waals surface area contributed by atoms with E-state index in [1.807, 2.05) is 0 Å². The van der Waals surface area contributed by atoms with Crippen LogP contribution in [0.25, 0.3) is 0 Å². The predicted molar refractivity (Wildman–Crippen MR) is 122 cm³/mol. The van der Waals surface area contributed by atoms with Crippen molar-refractivity contribution in [3.63, 3.8) is 0 Å². The van der Waals surface area contributed by atoms with Gasteiger partial charge in [0.2, 0.25) is 10.0 Å². The number of benzene rings is 2. The van der Waals surface area contributed by atoms with Crippen molar-refractivity contribution < 1.29 is 27.5 Å². The molecule has 0 aliphatic carbocycles. The summed E-state index contributed by atoms with van der Waals surface area (Å²) in [6.45, 7) is 2.72. The molecular formula is C24H31NO6S. The molecule has 2 aromatic rings. The summed E-state index contributed by atoms with van der Waals surface area (Å²) in [5, 5.41) is 0. The Bertz CT molecular complexity index is 999. The molecule has 7 nitrogen and oxygen atoms in total. The van der Waals surface area contributed by atoms with Crippen LogP contribution in [-0.4, -0.2) is 45.2 Å². The van der Waals surface area contributed by atoms with Gasteiger partial charge in [-0.05, 0) is 48.4 Å². The first-order valence-electron chi connectivity index (χ1n) is 10.7. The number of unbranched alkanes of at least 4 members (excludes halogenated alkanes) is 2. The minimum atomic E-state index is -3.56. The van der Waals surface area contributed by atoms with Gasteiger partial charge in [0.15, 0.2) is 5.78 Å². The summed E-state index contributed by atoms with van der Waals surface area (Å²) in [5.41, 5.74) is 1.07. The highest BCUT2D eigenvalue weighted by Crippen LogP contribution is 2.17. The van der Waals surface area contributed by atoms with Crippen molar-refractivity contribution in [2.75, 3.05) is 20.7 Å².